The molecule has 0 radical (unpaired) electrons. The second-order valence-electron chi connectivity index (χ2n) is 6.44. The van der Waals surface area contributed by atoms with Gasteiger partial charge in [-0.1, -0.05) is 28.8 Å². The van der Waals surface area contributed by atoms with E-state index in [1.165, 1.54) is 37.7 Å². The Kier molecular flexibility index (Phi) is 2.84. The molecule has 4 rings (SSSR count). The van der Waals surface area contributed by atoms with Crippen LogP contribution in [0.2, 0.25) is 0 Å². The van der Waals surface area contributed by atoms with E-state index in [2.05, 4.69) is 28.1 Å². The lowest BCUT2D eigenvalue weighted by molar-refractivity contribution is -0.138. The molecule has 0 saturated heterocycles. The van der Waals surface area contributed by atoms with E-state index in [9.17, 15) is 0 Å². The minimum absolute atomic E-state index is 0.118. The molecule has 2 N–H and O–H groups in total. The first kappa shape index (κ1) is 13.0. The van der Waals surface area contributed by atoms with Gasteiger partial charge < -0.3 is 15.2 Å². The van der Waals surface area contributed by atoms with Crippen molar-refractivity contribution in [2.24, 2.45) is 5.73 Å². The average Bonchev–Trinajstić information content (AvgIpc) is 3.01. The van der Waals surface area contributed by atoms with Crippen molar-refractivity contribution >= 4 is 15.9 Å². The second-order valence-corrected chi connectivity index (χ2v) is 7.29. The summed E-state index contributed by atoms with van der Waals surface area (Å²) in [6, 6.07) is 4.25. The fraction of sp³-hybridized carbons (Fsp3) is 0.625. The lowest BCUT2D eigenvalue weighted by atomic mass is 9.79. The maximum Gasteiger partial charge on any atom is 0.251 e. The lowest BCUT2D eigenvalue weighted by Crippen LogP contribution is -2.45. The zero-order valence-electron chi connectivity index (χ0n) is 11.6. The van der Waals surface area contributed by atoms with Crippen LogP contribution in [-0.4, -0.2) is 12.3 Å². The smallest absolute Gasteiger partial charge is 0.251 e. The van der Waals surface area contributed by atoms with Gasteiger partial charge in [0.15, 0.2) is 11.5 Å². The quantitative estimate of drug-likeness (QED) is 0.890. The maximum absolute atomic E-state index is 6.11. The molecule has 2 aliphatic carbocycles. The number of fused-ring (bicyclic) bond motifs is 1. The van der Waals surface area contributed by atoms with E-state index < -0.39 is 0 Å². The summed E-state index contributed by atoms with van der Waals surface area (Å²) in [4.78, 5) is 0. The summed E-state index contributed by atoms with van der Waals surface area (Å²) in [5.41, 5.74) is 7.53. The first-order valence-corrected chi connectivity index (χ1v) is 8.38. The lowest BCUT2D eigenvalue weighted by Gasteiger charge is -2.35. The van der Waals surface area contributed by atoms with Gasteiger partial charge in [-0.2, -0.15) is 0 Å². The molecule has 1 aromatic rings. The minimum Gasteiger partial charge on any atom is -0.448 e. The molecule has 0 unspecified atom stereocenters. The van der Waals surface area contributed by atoms with Crippen molar-refractivity contribution < 1.29 is 9.47 Å². The van der Waals surface area contributed by atoms with E-state index in [4.69, 9.17) is 15.2 Å². The number of hydrogen-bond acceptors (Lipinski definition) is 3. The zero-order chi connectivity index (χ0) is 13.8. The van der Waals surface area contributed by atoms with E-state index >= 15 is 0 Å². The Balaban J connectivity index is 1.74. The molecular formula is C16H20BrNO2. The minimum atomic E-state index is -0.355. The molecule has 2 saturated carbocycles. The van der Waals surface area contributed by atoms with Gasteiger partial charge in [0.05, 0.1) is 0 Å². The van der Waals surface area contributed by atoms with E-state index in [0.29, 0.717) is 6.54 Å². The van der Waals surface area contributed by atoms with Crippen molar-refractivity contribution in [1.82, 2.24) is 0 Å². The summed E-state index contributed by atoms with van der Waals surface area (Å²) in [6.07, 6.45) is 8.06. The number of rotatable bonds is 2. The van der Waals surface area contributed by atoms with Gasteiger partial charge in [0.25, 0.3) is 5.79 Å². The van der Waals surface area contributed by atoms with Gasteiger partial charge in [0.2, 0.25) is 0 Å². The summed E-state index contributed by atoms with van der Waals surface area (Å²) in [6.45, 7) is 0.705. The van der Waals surface area contributed by atoms with Crippen molar-refractivity contribution in [3.05, 3.63) is 22.2 Å². The van der Waals surface area contributed by atoms with Crippen molar-refractivity contribution in [3.8, 4) is 11.5 Å². The molecule has 0 bridgehead atoms. The van der Waals surface area contributed by atoms with Crippen LogP contribution in [-0.2, 0) is 5.41 Å². The monoisotopic (exact) mass is 337 g/mol. The number of hydrogen-bond donors (Lipinski definition) is 1. The van der Waals surface area contributed by atoms with Gasteiger partial charge in [-0.25, -0.2) is 0 Å². The molecule has 4 heteroatoms. The molecule has 108 valence electrons. The largest absolute Gasteiger partial charge is 0.448 e. The number of ether oxygens (including phenoxy) is 2. The number of nitrogens with two attached hydrogens (primary N) is 1. The van der Waals surface area contributed by atoms with Crippen LogP contribution < -0.4 is 15.2 Å². The Morgan fingerprint density at radius 2 is 1.65 bits per heavy atom. The van der Waals surface area contributed by atoms with Gasteiger partial charge >= 0.3 is 0 Å². The molecule has 3 aliphatic rings. The van der Waals surface area contributed by atoms with Gasteiger partial charge in [-0.15, -0.1) is 0 Å². The Labute approximate surface area is 127 Å². The summed E-state index contributed by atoms with van der Waals surface area (Å²) >= 11 is 3.72. The first-order chi connectivity index (χ1) is 9.66. The predicted octanol–water partition coefficient (Wildman–Crippen LogP) is 3.87. The average molecular weight is 338 g/mol. The molecule has 0 atom stereocenters. The van der Waals surface area contributed by atoms with Crippen LogP contribution in [0.3, 0.4) is 0 Å². The predicted molar refractivity (Wildman–Crippen MR) is 81.2 cm³/mol. The van der Waals surface area contributed by atoms with E-state index in [-0.39, 0.29) is 11.2 Å². The summed E-state index contributed by atoms with van der Waals surface area (Å²) in [5, 5.41) is 0. The highest BCUT2D eigenvalue weighted by molar-refractivity contribution is 9.10. The van der Waals surface area contributed by atoms with Crippen LogP contribution in [0.25, 0.3) is 0 Å². The maximum atomic E-state index is 6.11. The van der Waals surface area contributed by atoms with Gasteiger partial charge in [0.1, 0.15) is 0 Å². The molecular weight excluding hydrogens is 318 g/mol. The summed E-state index contributed by atoms with van der Waals surface area (Å²) < 4.78 is 13.2. The highest BCUT2D eigenvalue weighted by atomic mass is 79.9. The zero-order valence-corrected chi connectivity index (χ0v) is 13.2. The van der Waals surface area contributed by atoms with Crippen molar-refractivity contribution in [2.45, 2.75) is 56.1 Å². The van der Waals surface area contributed by atoms with Crippen LogP contribution >= 0.6 is 15.9 Å². The van der Waals surface area contributed by atoms with Crippen molar-refractivity contribution in [2.75, 3.05) is 6.54 Å². The molecule has 3 nitrogen and oxygen atoms in total. The Bertz CT molecular complexity index is 548. The van der Waals surface area contributed by atoms with E-state index in [1.54, 1.807) is 0 Å². The molecule has 1 spiro atoms. The van der Waals surface area contributed by atoms with E-state index in [0.717, 1.165) is 28.8 Å². The van der Waals surface area contributed by atoms with Crippen LogP contribution in [0.1, 0.15) is 50.5 Å². The first-order valence-electron chi connectivity index (χ1n) is 7.59. The Morgan fingerprint density at radius 1 is 1.00 bits per heavy atom. The Hall–Kier alpha value is -0.740. The van der Waals surface area contributed by atoms with Crippen LogP contribution in [0.5, 0.6) is 11.5 Å². The third kappa shape index (κ3) is 1.74. The van der Waals surface area contributed by atoms with Gasteiger partial charge in [-0.3, -0.25) is 0 Å². The fourth-order valence-electron chi connectivity index (χ4n) is 3.83. The van der Waals surface area contributed by atoms with Crippen LogP contribution in [0.15, 0.2) is 16.6 Å². The topological polar surface area (TPSA) is 44.5 Å². The molecule has 2 fully saturated rings. The van der Waals surface area contributed by atoms with Crippen molar-refractivity contribution in [3.63, 3.8) is 0 Å². The summed E-state index contributed by atoms with van der Waals surface area (Å²) in [7, 11) is 0. The normalized spacial score (nSPS) is 24.9. The van der Waals surface area contributed by atoms with Gasteiger partial charge in [0, 0.05) is 29.3 Å². The Morgan fingerprint density at radius 3 is 2.20 bits per heavy atom. The molecule has 20 heavy (non-hydrogen) atoms. The molecule has 0 aromatic heterocycles. The number of halogens is 1. The third-order valence-electron chi connectivity index (χ3n) is 5.26. The molecule has 1 heterocycles. The van der Waals surface area contributed by atoms with E-state index in [1.807, 2.05) is 0 Å². The highest BCUT2D eigenvalue weighted by Crippen LogP contribution is 2.52. The van der Waals surface area contributed by atoms with Crippen LogP contribution in [0, 0.1) is 0 Å². The molecule has 0 amide bonds. The standard InChI is InChI=1S/C16H20BrNO2/c17-12-9-14-13(19-16(20-14)6-3-7-16)8-11(12)15(10-18)4-1-2-5-15/h8-9H,1-7,10,18H2. The summed E-state index contributed by atoms with van der Waals surface area (Å²) in [5.74, 6) is 1.43. The van der Waals surface area contributed by atoms with Gasteiger partial charge in [-0.05, 0) is 37.0 Å². The highest BCUT2D eigenvalue weighted by Gasteiger charge is 2.48. The fourth-order valence-corrected chi connectivity index (χ4v) is 4.57. The van der Waals surface area contributed by atoms with Crippen molar-refractivity contribution in [1.29, 1.82) is 0 Å². The SMILES string of the molecule is NCC1(c2cc3c(cc2Br)OC2(CCC2)O3)CCCC1. The number of benzene rings is 1. The van der Waals surface area contributed by atoms with Crippen LogP contribution in [0.4, 0.5) is 0 Å². The molecule has 1 aliphatic heterocycles. The molecule has 1 aromatic carbocycles. The third-order valence-corrected chi connectivity index (χ3v) is 5.92. The second kappa shape index (κ2) is 4.38.